The molecular weight excluding hydrogens is 292 g/mol. The Morgan fingerprint density at radius 2 is 1.95 bits per heavy atom. The number of sulfone groups is 1. The fourth-order valence-electron chi connectivity index (χ4n) is 1.15. The van der Waals surface area contributed by atoms with Crippen molar-refractivity contribution in [1.82, 2.24) is 0 Å². The van der Waals surface area contributed by atoms with Crippen molar-refractivity contribution >= 4 is 26.6 Å². The molecule has 19 heavy (non-hydrogen) atoms. The third kappa shape index (κ3) is 3.90. The van der Waals surface area contributed by atoms with Gasteiger partial charge in [-0.25, -0.2) is 13.2 Å². The lowest BCUT2D eigenvalue weighted by atomic mass is 10.3. The van der Waals surface area contributed by atoms with Crippen LogP contribution in [0.5, 0.6) is 0 Å². The molecule has 8 heteroatoms. The molecular formula is C11H16O6S2. The maximum absolute atomic E-state index is 11.8. The Kier molecular flexibility index (Phi) is 4.57. The Morgan fingerprint density at radius 3 is 2.37 bits per heavy atom. The van der Waals surface area contributed by atoms with E-state index in [1.165, 1.54) is 12.1 Å². The Labute approximate surface area is 114 Å². The number of carboxylic acid groups (broad SMARTS) is 1. The fourth-order valence-corrected chi connectivity index (χ4v) is 3.85. The number of aromatic carboxylic acids is 1. The van der Waals surface area contributed by atoms with Crippen LogP contribution in [-0.4, -0.2) is 40.0 Å². The maximum Gasteiger partial charge on any atom is 0.371 e. The number of hydrogen-bond donors (Lipinski definition) is 1. The van der Waals surface area contributed by atoms with Gasteiger partial charge in [0.25, 0.3) is 0 Å². The molecule has 0 radical (unpaired) electrons. The lowest BCUT2D eigenvalue weighted by molar-refractivity contribution is 0.0656. The van der Waals surface area contributed by atoms with Crippen LogP contribution in [0.1, 0.15) is 31.3 Å². The van der Waals surface area contributed by atoms with E-state index in [4.69, 9.17) is 9.52 Å². The predicted octanol–water partition coefficient (Wildman–Crippen LogP) is 1.30. The highest BCUT2D eigenvalue weighted by Gasteiger charge is 2.29. The molecule has 0 aliphatic heterocycles. The van der Waals surface area contributed by atoms with E-state index in [1.54, 1.807) is 20.8 Å². The quantitative estimate of drug-likeness (QED) is 0.879. The average molecular weight is 308 g/mol. The number of rotatable bonds is 5. The molecule has 0 amide bonds. The zero-order valence-corrected chi connectivity index (χ0v) is 12.5. The molecule has 0 bridgehead atoms. The van der Waals surface area contributed by atoms with Gasteiger partial charge in [0.05, 0.1) is 21.3 Å². The summed E-state index contributed by atoms with van der Waals surface area (Å²) < 4.78 is 39.5. The van der Waals surface area contributed by atoms with Gasteiger partial charge >= 0.3 is 5.97 Å². The van der Waals surface area contributed by atoms with E-state index in [0.717, 1.165) is 0 Å². The lowest BCUT2D eigenvalue weighted by Crippen LogP contribution is -2.32. The van der Waals surface area contributed by atoms with Crippen molar-refractivity contribution in [3.05, 3.63) is 17.9 Å². The van der Waals surface area contributed by atoms with Gasteiger partial charge in [-0.05, 0) is 32.9 Å². The molecule has 0 saturated carbocycles. The number of furan rings is 1. The van der Waals surface area contributed by atoms with Gasteiger partial charge in [0.2, 0.25) is 5.76 Å². The van der Waals surface area contributed by atoms with Gasteiger partial charge in [-0.1, -0.05) is 0 Å². The Morgan fingerprint density at radius 1 is 1.37 bits per heavy atom. The van der Waals surface area contributed by atoms with Crippen LogP contribution in [-0.2, 0) is 20.6 Å². The molecule has 1 unspecified atom stereocenters. The molecule has 1 rings (SSSR count). The molecule has 0 saturated heterocycles. The summed E-state index contributed by atoms with van der Waals surface area (Å²) in [5.41, 5.74) is 0. The first-order valence-corrected chi connectivity index (χ1v) is 8.45. The van der Waals surface area contributed by atoms with Crippen molar-refractivity contribution in [3.8, 4) is 0 Å². The summed E-state index contributed by atoms with van der Waals surface area (Å²) in [6.45, 7) is 4.71. The van der Waals surface area contributed by atoms with E-state index in [9.17, 15) is 17.4 Å². The van der Waals surface area contributed by atoms with Crippen LogP contribution in [0.4, 0.5) is 0 Å². The standard InChI is InChI=1S/C11H16O6S2/c1-11(2,3)19(15,16)7-6-18(14)9-5-4-8(17-9)10(12)13/h4-5H,6-7H2,1-3H3,(H,12,13). The highest BCUT2D eigenvalue weighted by molar-refractivity contribution is 7.94. The number of carboxylic acids is 1. The van der Waals surface area contributed by atoms with Crippen LogP contribution in [0, 0.1) is 0 Å². The zero-order chi connectivity index (χ0) is 14.8. The molecule has 0 aromatic carbocycles. The minimum Gasteiger partial charge on any atom is -0.475 e. The van der Waals surface area contributed by atoms with Crippen molar-refractivity contribution in [1.29, 1.82) is 0 Å². The predicted molar refractivity (Wildman–Crippen MR) is 70.5 cm³/mol. The second-order valence-corrected chi connectivity index (χ2v) is 9.27. The Balaban J connectivity index is 2.74. The average Bonchev–Trinajstić information content (AvgIpc) is 2.73. The monoisotopic (exact) mass is 308 g/mol. The van der Waals surface area contributed by atoms with Gasteiger partial charge in [0.1, 0.15) is 0 Å². The summed E-state index contributed by atoms with van der Waals surface area (Å²) in [6, 6.07) is 2.47. The third-order valence-electron chi connectivity index (χ3n) is 2.49. The van der Waals surface area contributed by atoms with Crippen molar-refractivity contribution in [2.75, 3.05) is 11.5 Å². The number of hydrogen-bond acceptors (Lipinski definition) is 5. The normalized spacial score (nSPS) is 14.3. The van der Waals surface area contributed by atoms with Gasteiger partial charge in [0.15, 0.2) is 14.9 Å². The summed E-state index contributed by atoms with van der Waals surface area (Å²) in [4.78, 5) is 10.6. The number of carbonyl (C=O) groups is 1. The minimum absolute atomic E-state index is 0.0264. The second-order valence-electron chi connectivity index (χ2n) is 4.90. The van der Waals surface area contributed by atoms with Crippen LogP contribution >= 0.6 is 0 Å². The molecule has 0 spiro atoms. The smallest absolute Gasteiger partial charge is 0.371 e. The summed E-state index contributed by atoms with van der Waals surface area (Å²) >= 11 is 0. The topological polar surface area (TPSA) is 102 Å². The maximum atomic E-state index is 11.8. The van der Waals surface area contributed by atoms with Crippen molar-refractivity contribution in [2.24, 2.45) is 0 Å². The van der Waals surface area contributed by atoms with Crippen LogP contribution in [0.3, 0.4) is 0 Å². The molecule has 0 aliphatic carbocycles. The molecule has 6 nitrogen and oxygen atoms in total. The summed E-state index contributed by atoms with van der Waals surface area (Å²) in [5.74, 6) is -1.94. The van der Waals surface area contributed by atoms with E-state index < -0.39 is 31.4 Å². The highest BCUT2D eigenvalue weighted by atomic mass is 32.2. The molecule has 1 heterocycles. The van der Waals surface area contributed by atoms with E-state index in [0.29, 0.717) is 0 Å². The summed E-state index contributed by atoms with van der Waals surface area (Å²) in [7, 11) is -5.03. The van der Waals surface area contributed by atoms with Gasteiger partial charge in [-0.15, -0.1) is 0 Å². The van der Waals surface area contributed by atoms with Gasteiger partial charge in [0, 0.05) is 5.75 Å². The van der Waals surface area contributed by atoms with E-state index in [1.807, 2.05) is 0 Å². The Hall–Kier alpha value is -1.15. The third-order valence-corrected chi connectivity index (χ3v) is 6.60. The minimum atomic E-state index is -3.36. The molecule has 1 aromatic heterocycles. The van der Waals surface area contributed by atoms with E-state index in [2.05, 4.69) is 0 Å². The van der Waals surface area contributed by atoms with Crippen molar-refractivity contribution in [2.45, 2.75) is 30.6 Å². The van der Waals surface area contributed by atoms with E-state index in [-0.39, 0.29) is 22.4 Å². The van der Waals surface area contributed by atoms with Crippen LogP contribution in [0.2, 0.25) is 0 Å². The zero-order valence-electron chi connectivity index (χ0n) is 10.9. The first-order chi connectivity index (χ1) is 8.54. The summed E-state index contributed by atoms with van der Waals surface area (Å²) in [6.07, 6.45) is 0. The Bertz CT molecular complexity index is 591. The highest BCUT2D eigenvalue weighted by Crippen LogP contribution is 2.18. The van der Waals surface area contributed by atoms with Gasteiger partial charge in [-0.2, -0.15) is 0 Å². The summed E-state index contributed by atoms with van der Waals surface area (Å²) in [5, 5.41) is 8.63. The first kappa shape index (κ1) is 15.9. The van der Waals surface area contributed by atoms with Gasteiger partial charge in [-0.3, -0.25) is 4.21 Å². The molecule has 1 aromatic rings. The van der Waals surface area contributed by atoms with Crippen LogP contribution in [0.15, 0.2) is 21.6 Å². The molecule has 1 atom stereocenters. The molecule has 108 valence electrons. The largest absolute Gasteiger partial charge is 0.475 e. The lowest BCUT2D eigenvalue weighted by Gasteiger charge is -2.18. The molecule has 0 fully saturated rings. The van der Waals surface area contributed by atoms with E-state index >= 15 is 0 Å². The SMILES string of the molecule is CC(C)(C)S(=O)(=O)CCS(=O)c1ccc(C(=O)O)o1. The molecule has 1 N–H and O–H groups in total. The first-order valence-electron chi connectivity index (χ1n) is 5.48. The fraction of sp³-hybridized carbons (Fsp3) is 0.545. The van der Waals surface area contributed by atoms with Gasteiger partial charge < -0.3 is 9.52 Å². The van der Waals surface area contributed by atoms with Crippen molar-refractivity contribution in [3.63, 3.8) is 0 Å². The van der Waals surface area contributed by atoms with Crippen molar-refractivity contribution < 1.29 is 26.9 Å². The second kappa shape index (κ2) is 5.46. The molecule has 0 aliphatic rings. The van der Waals surface area contributed by atoms with Crippen LogP contribution < -0.4 is 0 Å². The van der Waals surface area contributed by atoms with Crippen LogP contribution in [0.25, 0.3) is 0 Å².